The molecule has 0 saturated carbocycles. The van der Waals surface area contributed by atoms with Crippen LogP contribution < -0.4 is 5.56 Å². The summed E-state index contributed by atoms with van der Waals surface area (Å²) in [4.78, 5) is 19.4. The van der Waals surface area contributed by atoms with Crippen LogP contribution in [0.4, 0.5) is 18.9 Å². The van der Waals surface area contributed by atoms with Crippen LogP contribution in [0.3, 0.4) is 0 Å². The van der Waals surface area contributed by atoms with E-state index in [1.807, 2.05) is 74.6 Å². The van der Waals surface area contributed by atoms with Gasteiger partial charge in [-0.2, -0.15) is 13.2 Å². The van der Waals surface area contributed by atoms with Gasteiger partial charge in [0.15, 0.2) is 0 Å². The van der Waals surface area contributed by atoms with E-state index in [0.29, 0.717) is 5.56 Å². The molecule has 184 valence electrons. The van der Waals surface area contributed by atoms with Crippen LogP contribution in [0.25, 0.3) is 38.1 Å². The summed E-state index contributed by atoms with van der Waals surface area (Å²) in [6.07, 6.45) is -2.98. The van der Waals surface area contributed by atoms with Gasteiger partial charge in [0.1, 0.15) is 0 Å². The number of halogens is 3. The maximum absolute atomic E-state index is 13.9. The Morgan fingerprint density at radius 3 is 2.27 bits per heavy atom. The lowest BCUT2D eigenvalue weighted by Crippen LogP contribution is -2.25. The molecule has 0 aliphatic rings. The van der Waals surface area contributed by atoms with E-state index in [1.165, 1.54) is 4.57 Å². The topological polar surface area (TPSA) is 42.1 Å². The van der Waals surface area contributed by atoms with E-state index in [2.05, 4.69) is 9.83 Å². The molecule has 0 unspecified atom stereocenters. The predicted octanol–water partition coefficient (Wildman–Crippen LogP) is 7.90. The minimum atomic E-state index is -4.84. The van der Waals surface area contributed by atoms with Gasteiger partial charge in [0.2, 0.25) is 0 Å². The van der Waals surface area contributed by atoms with Gasteiger partial charge in [0.05, 0.1) is 18.7 Å². The van der Waals surface area contributed by atoms with E-state index in [1.54, 1.807) is 12.1 Å². The standard InChI is InChI=1S/C30H22F3N3O/c1-18-4-5-24(19(2)14-18)17-36-27(16-25(30(31,32)33)28(34-3)29(36)37)22-9-6-20(7-10-22)23-11-8-21-12-13-35-26(21)15-23/h4-16,35H,17H2,1-2H3. The van der Waals surface area contributed by atoms with Gasteiger partial charge >= 0.3 is 6.18 Å². The van der Waals surface area contributed by atoms with Gasteiger partial charge in [-0.3, -0.25) is 4.79 Å². The molecule has 0 aliphatic heterocycles. The summed E-state index contributed by atoms with van der Waals surface area (Å²) in [7, 11) is 0. The summed E-state index contributed by atoms with van der Waals surface area (Å²) < 4.78 is 42.9. The van der Waals surface area contributed by atoms with E-state index >= 15 is 0 Å². The van der Waals surface area contributed by atoms with Crippen molar-refractivity contribution in [3.63, 3.8) is 0 Å². The first-order chi connectivity index (χ1) is 17.7. The summed E-state index contributed by atoms with van der Waals surface area (Å²) >= 11 is 0. The van der Waals surface area contributed by atoms with Crippen molar-refractivity contribution in [3.8, 4) is 22.4 Å². The number of nitrogens with one attached hydrogen (secondary N) is 1. The van der Waals surface area contributed by atoms with Crippen molar-refractivity contribution in [2.45, 2.75) is 26.6 Å². The lowest BCUT2D eigenvalue weighted by Gasteiger charge is -2.19. The Balaban J connectivity index is 1.66. The van der Waals surface area contributed by atoms with Crippen molar-refractivity contribution in [2.75, 3.05) is 0 Å². The highest BCUT2D eigenvalue weighted by Crippen LogP contribution is 2.37. The van der Waals surface area contributed by atoms with E-state index in [4.69, 9.17) is 6.57 Å². The van der Waals surface area contributed by atoms with Crippen molar-refractivity contribution in [1.29, 1.82) is 0 Å². The first-order valence-corrected chi connectivity index (χ1v) is 11.6. The molecule has 0 bridgehead atoms. The van der Waals surface area contributed by atoms with E-state index in [0.717, 1.165) is 44.8 Å². The van der Waals surface area contributed by atoms with Gasteiger partial charge in [0.25, 0.3) is 11.2 Å². The SMILES string of the molecule is [C-]#[N+]c1c(C(F)(F)F)cc(-c2ccc(-c3ccc4cc[nH]c4c3)cc2)n(Cc2ccc(C)cc2C)c1=O. The van der Waals surface area contributed by atoms with Crippen molar-refractivity contribution < 1.29 is 13.2 Å². The van der Waals surface area contributed by atoms with Crippen LogP contribution in [-0.2, 0) is 12.7 Å². The molecule has 0 saturated heterocycles. The number of pyridine rings is 1. The van der Waals surface area contributed by atoms with Gasteiger partial charge in [-0.25, -0.2) is 4.85 Å². The fourth-order valence-electron chi connectivity index (χ4n) is 4.61. The zero-order valence-electron chi connectivity index (χ0n) is 20.1. The minimum absolute atomic E-state index is 0.0478. The number of rotatable bonds is 4. The van der Waals surface area contributed by atoms with Crippen molar-refractivity contribution in [1.82, 2.24) is 9.55 Å². The summed E-state index contributed by atoms with van der Waals surface area (Å²) in [5.74, 6) is 0. The highest BCUT2D eigenvalue weighted by atomic mass is 19.4. The average Bonchev–Trinajstić information content (AvgIpc) is 3.34. The van der Waals surface area contributed by atoms with Gasteiger partial charge in [-0.15, -0.1) is 0 Å². The number of aromatic nitrogens is 2. The quantitative estimate of drug-likeness (QED) is 0.252. The number of aromatic amines is 1. The van der Waals surface area contributed by atoms with Crippen molar-refractivity contribution in [2.24, 2.45) is 0 Å². The molecule has 3 aromatic carbocycles. The molecule has 2 aromatic heterocycles. The van der Waals surface area contributed by atoms with Crippen molar-refractivity contribution >= 4 is 16.6 Å². The number of fused-ring (bicyclic) bond motifs is 1. The van der Waals surface area contributed by atoms with Gasteiger partial charge in [0, 0.05) is 17.4 Å². The third-order valence-corrected chi connectivity index (χ3v) is 6.59. The van der Waals surface area contributed by atoms with Gasteiger partial charge in [-0.05, 0) is 65.3 Å². The molecule has 7 heteroatoms. The second-order valence-corrected chi connectivity index (χ2v) is 9.08. The average molecular weight is 498 g/mol. The Morgan fingerprint density at radius 2 is 1.59 bits per heavy atom. The fraction of sp³-hybridized carbons (Fsp3) is 0.133. The first kappa shape index (κ1) is 24.1. The Morgan fingerprint density at radius 1 is 0.892 bits per heavy atom. The first-order valence-electron chi connectivity index (χ1n) is 11.6. The number of aryl methyl sites for hydroxylation is 2. The van der Waals surface area contributed by atoms with E-state index < -0.39 is 23.0 Å². The molecule has 0 atom stereocenters. The normalized spacial score (nSPS) is 11.6. The Labute approximate surface area is 211 Å². The molecule has 0 radical (unpaired) electrons. The third kappa shape index (κ3) is 4.54. The van der Waals surface area contributed by atoms with Crippen LogP contribution in [0, 0.1) is 20.4 Å². The summed E-state index contributed by atoms with van der Waals surface area (Å²) in [6.45, 7) is 11.2. The number of H-pyrrole nitrogens is 1. The smallest absolute Gasteiger partial charge is 0.361 e. The van der Waals surface area contributed by atoms with Crippen LogP contribution >= 0.6 is 0 Å². The molecule has 1 N–H and O–H groups in total. The highest BCUT2D eigenvalue weighted by molar-refractivity contribution is 5.85. The maximum atomic E-state index is 13.9. The zero-order chi connectivity index (χ0) is 26.3. The number of alkyl halides is 3. The molecular weight excluding hydrogens is 475 g/mol. The molecule has 5 aromatic rings. The number of hydrogen-bond donors (Lipinski definition) is 1. The second-order valence-electron chi connectivity index (χ2n) is 9.08. The Hall–Kier alpha value is -4.57. The second kappa shape index (κ2) is 9.14. The van der Waals surface area contributed by atoms with Gasteiger partial charge < -0.3 is 9.55 Å². The number of benzene rings is 3. The summed E-state index contributed by atoms with van der Waals surface area (Å²) in [6, 6.07) is 21.6. The molecule has 0 aliphatic carbocycles. The number of hydrogen-bond acceptors (Lipinski definition) is 1. The van der Waals surface area contributed by atoms with Crippen LogP contribution in [0.2, 0.25) is 0 Å². The van der Waals surface area contributed by atoms with Crippen LogP contribution in [0.5, 0.6) is 0 Å². The monoisotopic (exact) mass is 497 g/mol. The molecule has 0 fully saturated rings. The van der Waals surface area contributed by atoms with E-state index in [-0.39, 0.29) is 12.2 Å². The lowest BCUT2D eigenvalue weighted by molar-refractivity contribution is -0.136. The minimum Gasteiger partial charge on any atom is -0.361 e. The molecule has 37 heavy (non-hydrogen) atoms. The molecule has 0 amide bonds. The predicted molar refractivity (Wildman–Crippen MR) is 140 cm³/mol. The van der Waals surface area contributed by atoms with Crippen LogP contribution in [0.15, 0.2) is 83.8 Å². The van der Waals surface area contributed by atoms with Crippen LogP contribution in [0.1, 0.15) is 22.3 Å². The molecular formula is C30H22F3N3O. The molecule has 0 spiro atoms. The van der Waals surface area contributed by atoms with Gasteiger partial charge in [-0.1, -0.05) is 60.2 Å². The maximum Gasteiger partial charge on any atom is 0.407 e. The number of nitrogens with zero attached hydrogens (tertiary/aromatic N) is 2. The summed E-state index contributed by atoms with van der Waals surface area (Å²) in [5.41, 5.74) is 3.02. The Bertz CT molecular complexity index is 1740. The zero-order valence-corrected chi connectivity index (χ0v) is 20.1. The highest BCUT2D eigenvalue weighted by Gasteiger charge is 2.36. The van der Waals surface area contributed by atoms with Crippen molar-refractivity contribution in [3.05, 3.63) is 123 Å². The fourth-order valence-corrected chi connectivity index (χ4v) is 4.61. The molecule has 4 nitrogen and oxygen atoms in total. The van der Waals surface area contributed by atoms with Crippen LogP contribution in [-0.4, -0.2) is 9.55 Å². The molecule has 2 heterocycles. The lowest BCUT2D eigenvalue weighted by atomic mass is 10.00. The summed E-state index contributed by atoms with van der Waals surface area (Å²) in [5, 5.41) is 1.08. The Kier molecular flexibility index (Phi) is 5.96. The largest absolute Gasteiger partial charge is 0.407 e. The van der Waals surface area contributed by atoms with E-state index in [9.17, 15) is 18.0 Å². The third-order valence-electron chi connectivity index (χ3n) is 6.59. The molecule has 5 rings (SSSR count).